The van der Waals surface area contributed by atoms with E-state index in [0.717, 1.165) is 26.6 Å². The van der Waals surface area contributed by atoms with Crippen LogP contribution in [0.1, 0.15) is 6.42 Å². The smallest absolute Gasteiger partial charge is 0.229 e. The average molecular weight is 409 g/mol. The molecule has 1 aliphatic heterocycles. The maximum atomic E-state index is 12.6. The molecule has 0 saturated carbocycles. The van der Waals surface area contributed by atoms with E-state index < -0.39 is 0 Å². The quantitative estimate of drug-likeness (QED) is 0.688. The first kappa shape index (κ1) is 16.8. The fraction of sp³-hybridized carbons (Fsp3) is 0.143. The Morgan fingerprint density at radius 1 is 1.00 bits per heavy atom. The van der Waals surface area contributed by atoms with E-state index in [-0.39, 0.29) is 24.2 Å². The molecule has 26 heavy (non-hydrogen) atoms. The van der Waals surface area contributed by atoms with Crippen molar-refractivity contribution in [2.45, 2.75) is 6.42 Å². The number of hydrogen-bond donors (Lipinski definition) is 1. The van der Waals surface area contributed by atoms with Crippen LogP contribution >= 0.6 is 15.9 Å². The highest BCUT2D eigenvalue weighted by Crippen LogP contribution is 2.27. The van der Waals surface area contributed by atoms with E-state index in [0.29, 0.717) is 6.54 Å². The monoisotopic (exact) mass is 408 g/mol. The van der Waals surface area contributed by atoms with Crippen molar-refractivity contribution in [3.05, 3.63) is 71.2 Å². The molecule has 0 unspecified atom stereocenters. The Morgan fingerprint density at radius 3 is 2.50 bits per heavy atom. The fourth-order valence-corrected chi connectivity index (χ4v) is 3.53. The molecule has 4 nitrogen and oxygen atoms in total. The molecule has 0 aliphatic carbocycles. The minimum absolute atomic E-state index is 0.0222. The standard InChI is InChI=1S/C21H17BrN2O2/c22-17-6-9-19(10-7-17)24-13-16(12-20(24)25)21(26)23-18-8-5-14-3-1-2-4-15(14)11-18/h1-11,16H,12-13H2,(H,23,26)/t16-/m1/s1. The highest BCUT2D eigenvalue weighted by molar-refractivity contribution is 9.10. The van der Waals surface area contributed by atoms with Crippen LogP contribution in [0.2, 0.25) is 0 Å². The molecular formula is C21H17BrN2O2. The number of benzene rings is 3. The van der Waals surface area contributed by atoms with Crippen molar-refractivity contribution in [3.63, 3.8) is 0 Å². The average Bonchev–Trinajstić information content (AvgIpc) is 3.04. The predicted octanol–water partition coefficient (Wildman–Crippen LogP) is 4.59. The second kappa shape index (κ2) is 6.92. The molecule has 130 valence electrons. The van der Waals surface area contributed by atoms with Crippen molar-refractivity contribution in [1.29, 1.82) is 0 Å². The van der Waals surface area contributed by atoms with E-state index in [1.54, 1.807) is 4.90 Å². The van der Waals surface area contributed by atoms with Crippen LogP contribution < -0.4 is 10.2 Å². The van der Waals surface area contributed by atoms with Gasteiger partial charge in [-0.1, -0.05) is 46.3 Å². The lowest BCUT2D eigenvalue weighted by molar-refractivity contribution is -0.122. The first-order valence-corrected chi connectivity index (χ1v) is 9.25. The second-order valence-corrected chi connectivity index (χ2v) is 7.35. The van der Waals surface area contributed by atoms with Crippen LogP contribution in [0, 0.1) is 5.92 Å². The van der Waals surface area contributed by atoms with Crippen LogP contribution in [0.25, 0.3) is 10.8 Å². The van der Waals surface area contributed by atoms with Crippen LogP contribution in [0.5, 0.6) is 0 Å². The van der Waals surface area contributed by atoms with Crippen molar-refractivity contribution in [3.8, 4) is 0 Å². The predicted molar refractivity (Wildman–Crippen MR) is 107 cm³/mol. The topological polar surface area (TPSA) is 49.4 Å². The largest absolute Gasteiger partial charge is 0.326 e. The van der Waals surface area contributed by atoms with Crippen LogP contribution in [0.4, 0.5) is 11.4 Å². The van der Waals surface area contributed by atoms with E-state index in [1.807, 2.05) is 66.7 Å². The van der Waals surface area contributed by atoms with Crippen LogP contribution in [0.15, 0.2) is 71.2 Å². The van der Waals surface area contributed by atoms with E-state index in [9.17, 15) is 9.59 Å². The zero-order valence-corrected chi connectivity index (χ0v) is 15.6. The summed E-state index contributed by atoms with van der Waals surface area (Å²) in [6.45, 7) is 0.403. The molecule has 1 fully saturated rings. The summed E-state index contributed by atoms with van der Waals surface area (Å²) < 4.78 is 0.957. The van der Waals surface area contributed by atoms with Crippen molar-refractivity contribution in [2.24, 2.45) is 5.92 Å². The van der Waals surface area contributed by atoms with Gasteiger partial charge in [0.25, 0.3) is 0 Å². The van der Waals surface area contributed by atoms with Gasteiger partial charge in [0.2, 0.25) is 11.8 Å². The highest BCUT2D eigenvalue weighted by atomic mass is 79.9. The maximum Gasteiger partial charge on any atom is 0.229 e. The molecule has 1 atom stereocenters. The van der Waals surface area contributed by atoms with E-state index in [4.69, 9.17) is 0 Å². The summed E-state index contributed by atoms with van der Waals surface area (Å²) in [4.78, 5) is 26.6. The van der Waals surface area contributed by atoms with Gasteiger partial charge in [0.15, 0.2) is 0 Å². The van der Waals surface area contributed by atoms with Gasteiger partial charge in [0, 0.05) is 28.8 Å². The molecule has 0 bridgehead atoms. The number of nitrogens with zero attached hydrogens (tertiary/aromatic N) is 1. The number of carbonyl (C=O) groups is 2. The minimum atomic E-state index is -0.349. The zero-order valence-electron chi connectivity index (χ0n) is 14.0. The van der Waals surface area contributed by atoms with Crippen molar-refractivity contribution in [1.82, 2.24) is 0 Å². The number of nitrogens with one attached hydrogen (secondary N) is 1. The maximum absolute atomic E-state index is 12.6. The Balaban J connectivity index is 1.48. The van der Waals surface area contributed by atoms with Gasteiger partial charge in [-0.05, 0) is 47.2 Å². The molecule has 1 N–H and O–H groups in total. The van der Waals surface area contributed by atoms with Crippen LogP contribution in [-0.2, 0) is 9.59 Å². The summed E-state index contributed by atoms with van der Waals surface area (Å²) in [6, 6.07) is 21.4. The Hall–Kier alpha value is -2.66. The number of anilines is 2. The van der Waals surface area contributed by atoms with Gasteiger partial charge in [-0.25, -0.2) is 0 Å². The molecule has 0 radical (unpaired) electrons. The third kappa shape index (κ3) is 3.35. The molecule has 0 spiro atoms. The molecule has 5 heteroatoms. The van der Waals surface area contributed by atoms with Gasteiger partial charge < -0.3 is 10.2 Å². The molecular weight excluding hydrogens is 392 g/mol. The molecule has 1 heterocycles. The number of fused-ring (bicyclic) bond motifs is 1. The first-order chi connectivity index (χ1) is 12.6. The second-order valence-electron chi connectivity index (χ2n) is 6.43. The molecule has 2 amide bonds. The summed E-state index contributed by atoms with van der Waals surface area (Å²) in [5.41, 5.74) is 1.57. The van der Waals surface area contributed by atoms with Crippen LogP contribution in [0.3, 0.4) is 0 Å². The summed E-state index contributed by atoms with van der Waals surface area (Å²) in [7, 11) is 0. The van der Waals surface area contributed by atoms with Crippen molar-refractivity contribution < 1.29 is 9.59 Å². The molecule has 0 aromatic heterocycles. The van der Waals surface area contributed by atoms with Gasteiger partial charge in [-0.15, -0.1) is 0 Å². The Bertz CT molecular complexity index is 985. The van der Waals surface area contributed by atoms with Gasteiger partial charge in [-0.3, -0.25) is 9.59 Å². The number of carbonyl (C=O) groups excluding carboxylic acids is 2. The lowest BCUT2D eigenvalue weighted by Gasteiger charge is -2.17. The molecule has 3 aromatic rings. The van der Waals surface area contributed by atoms with Gasteiger partial charge in [-0.2, -0.15) is 0 Å². The van der Waals surface area contributed by atoms with E-state index >= 15 is 0 Å². The van der Waals surface area contributed by atoms with Gasteiger partial charge in [0.05, 0.1) is 5.92 Å². The van der Waals surface area contributed by atoms with E-state index in [1.165, 1.54) is 0 Å². The summed E-state index contributed by atoms with van der Waals surface area (Å²) in [5, 5.41) is 5.15. The third-order valence-electron chi connectivity index (χ3n) is 4.65. The number of hydrogen-bond acceptors (Lipinski definition) is 2. The first-order valence-electron chi connectivity index (χ1n) is 8.46. The van der Waals surface area contributed by atoms with Crippen LogP contribution in [-0.4, -0.2) is 18.4 Å². The zero-order chi connectivity index (χ0) is 18.1. The molecule has 1 aliphatic rings. The number of halogens is 1. The number of amides is 2. The van der Waals surface area contributed by atoms with Gasteiger partial charge >= 0.3 is 0 Å². The fourth-order valence-electron chi connectivity index (χ4n) is 3.27. The SMILES string of the molecule is O=C(Nc1ccc2ccccc2c1)[C@@H]1CC(=O)N(c2ccc(Br)cc2)C1. The molecule has 4 rings (SSSR count). The highest BCUT2D eigenvalue weighted by Gasteiger charge is 2.35. The normalized spacial score (nSPS) is 16.9. The summed E-state index contributed by atoms with van der Waals surface area (Å²) in [6.07, 6.45) is 0.232. The summed E-state index contributed by atoms with van der Waals surface area (Å²) in [5.74, 6) is -0.489. The molecule has 1 saturated heterocycles. The number of rotatable bonds is 3. The van der Waals surface area contributed by atoms with Crippen molar-refractivity contribution in [2.75, 3.05) is 16.8 Å². The summed E-state index contributed by atoms with van der Waals surface area (Å²) >= 11 is 3.39. The molecule has 3 aromatic carbocycles. The Kier molecular flexibility index (Phi) is 4.47. The minimum Gasteiger partial charge on any atom is -0.326 e. The Morgan fingerprint density at radius 2 is 1.73 bits per heavy atom. The lowest BCUT2D eigenvalue weighted by atomic mass is 10.1. The van der Waals surface area contributed by atoms with Crippen molar-refractivity contribution >= 4 is 49.9 Å². The van der Waals surface area contributed by atoms with E-state index in [2.05, 4.69) is 21.2 Å². The van der Waals surface area contributed by atoms with Gasteiger partial charge in [0.1, 0.15) is 0 Å². The third-order valence-corrected chi connectivity index (χ3v) is 5.18. The lowest BCUT2D eigenvalue weighted by Crippen LogP contribution is -2.28. The Labute approximate surface area is 159 Å².